The summed E-state index contributed by atoms with van der Waals surface area (Å²) in [5.74, 6) is 0.744. The maximum atomic E-state index is 11.7. The van der Waals surface area contributed by atoms with E-state index in [4.69, 9.17) is 4.74 Å². The van der Waals surface area contributed by atoms with Gasteiger partial charge < -0.3 is 15.4 Å². The number of ether oxygens (including phenoxy) is 1. The molecule has 2 N–H and O–H groups in total. The van der Waals surface area contributed by atoms with Crippen molar-refractivity contribution in [3.63, 3.8) is 0 Å². The van der Waals surface area contributed by atoms with Crippen LogP contribution in [0.4, 0.5) is 4.79 Å². The molecule has 4 heteroatoms. The molecule has 0 aromatic heterocycles. The minimum Gasteiger partial charge on any atom is -0.379 e. The molecule has 1 aliphatic carbocycles. The Balaban J connectivity index is 1.69. The quantitative estimate of drug-likeness (QED) is 0.752. The minimum atomic E-state index is -0.0189. The van der Waals surface area contributed by atoms with Gasteiger partial charge in [0.25, 0.3) is 0 Å². The van der Waals surface area contributed by atoms with Crippen molar-refractivity contribution in [2.24, 2.45) is 5.92 Å². The molecule has 0 aromatic carbocycles. The molecule has 0 spiro atoms. The van der Waals surface area contributed by atoms with E-state index < -0.39 is 0 Å². The van der Waals surface area contributed by atoms with Crippen LogP contribution < -0.4 is 10.6 Å². The molecule has 0 aromatic rings. The van der Waals surface area contributed by atoms with Crippen molar-refractivity contribution in [2.75, 3.05) is 13.2 Å². The van der Waals surface area contributed by atoms with Crippen LogP contribution in [-0.2, 0) is 4.74 Å². The first-order valence-electron chi connectivity index (χ1n) is 6.39. The second-order valence-corrected chi connectivity index (χ2v) is 5.15. The highest BCUT2D eigenvalue weighted by molar-refractivity contribution is 5.74. The Kier molecular flexibility index (Phi) is 4.04. The molecule has 92 valence electrons. The average molecular weight is 226 g/mol. The molecule has 0 radical (unpaired) electrons. The molecule has 1 saturated carbocycles. The Morgan fingerprint density at radius 3 is 2.69 bits per heavy atom. The highest BCUT2D eigenvalue weighted by Crippen LogP contribution is 2.23. The summed E-state index contributed by atoms with van der Waals surface area (Å²) in [4.78, 5) is 11.7. The number of carbonyl (C=O) groups excluding carboxylic acids is 1. The zero-order valence-electron chi connectivity index (χ0n) is 10.00. The summed E-state index contributed by atoms with van der Waals surface area (Å²) in [5.41, 5.74) is 0. The van der Waals surface area contributed by atoms with Crippen molar-refractivity contribution in [2.45, 2.75) is 51.1 Å². The van der Waals surface area contributed by atoms with E-state index in [1.54, 1.807) is 0 Å². The molecule has 2 rings (SSSR count). The third kappa shape index (κ3) is 3.37. The maximum Gasteiger partial charge on any atom is 0.315 e. The molecule has 2 fully saturated rings. The fraction of sp³-hybridized carbons (Fsp3) is 0.917. The summed E-state index contributed by atoms with van der Waals surface area (Å²) in [5, 5.41) is 6.04. The summed E-state index contributed by atoms with van der Waals surface area (Å²) >= 11 is 0. The lowest BCUT2D eigenvalue weighted by Crippen LogP contribution is -2.47. The highest BCUT2D eigenvalue weighted by Gasteiger charge is 2.22. The fourth-order valence-electron chi connectivity index (χ4n) is 2.63. The van der Waals surface area contributed by atoms with Crippen LogP contribution in [0.5, 0.6) is 0 Å². The zero-order valence-corrected chi connectivity index (χ0v) is 10.00. The number of amides is 2. The lowest BCUT2D eigenvalue weighted by molar-refractivity contribution is 0.187. The van der Waals surface area contributed by atoms with E-state index in [1.807, 2.05) is 0 Å². The Hall–Kier alpha value is -0.770. The van der Waals surface area contributed by atoms with Crippen molar-refractivity contribution in [1.29, 1.82) is 0 Å². The van der Waals surface area contributed by atoms with Gasteiger partial charge >= 0.3 is 6.03 Å². The predicted octanol–water partition coefficient (Wildman–Crippen LogP) is 1.65. The predicted molar refractivity (Wildman–Crippen MR) is 62.3 cm³/mol. The molecule has 1 aliphatic heterocycles. The van der Waals surface area contributed by atoms with Gasteiger partial charge in [-0.25, -0.2) is 4.79 Å². The normalized spacial score (nSPS) is 34.7. The largest absolute Gasteiger partial charge is 0.379 e. The third-order valence-electron chi connectivity index (χ3n) is 3.54. The van der Waals surface area contributed by atoms with Gasteiger partial charge in [-0.2, -0.15) is 0 Å². The molecule has 4 nitrogen and oxygen atoms in total. The average Bonchev–Trinajstić information content (AvgIpc) is 2.70. The van der Waals surface area contributed by atoms with E-state index in [-0.39, 0.29) is 12.1 Å². The maximum absolute atomic E-state index is 11.7. The topological polar surface area (TPSA) is 50.4 Å². The first kappa shape index (κ1) is 11.7. The van der Waals surface area contributed by atoms with Gasteiger partial charge in [0.15, 0.2) is 0 Å². The Morgan fingerprint density at radius 2 is 2.00 bits per heavy atom. The van der Waals surface area contributed by atoms with Gasteiger partial charge in [-0.15, -0.1) is 0 Å². The standard InChI is InChI=1S/C12H22N2O2/c1-9-3-2-4-10(7-9)13-12(15)14-11-5-6-16-8-11/h9-11H,2-8H2,1H3,(H2,13,14,15). The van der Waals surface area contributed by atoms with Crippen molar-refractivity contribution in [1.82, 2.24) is 10.6 Å². The van der Waals surface area contributed by atoms with Crippen LogP contribution in [0.2, 0.25) is 0 Å². The van der Waals surface area contributed by atoms with E-state index in [2.05, 4.69) is 17.6 Å². The van der Waals surface area contributed by atoms with Crippen molar-refractivity contribution in [3.05, 3.63) is 0 Å². The van der Waals surface area contributed by atoms with Crippen molar-refractivity contribution in [3.8, 4) is 0 Å². The van der Waals surface area contributed by atoms with E-state index in [9.17, 15) is 4.79 Å². The number of carbonyl (C=O) groups is 1. The second kappa shape index (κ2) is 5.53. The summed E-state index contributed by atoms with van der Waals surface area (Å²) in [6.45, 7) is 3.69. The Bertz CT molecular complexity index is 239. The van der Waals surface area contributed by atoms with Crippen LogP contribution in [0, 0.1) is 5.92 Å². The van der Waals surface area contributed by atoms with E-state index in [0.717, 1.165) is 31.8 Å². The zero-order chi connectivity index (χ0) is 11.4. The van der Waals surface area contributed by atoms with Crippen LogP contribution >= 0.6 is 0 Å². The van der Waals surface area contributed by atoms with Crippen LogP contribution in [0.1, 0.15) is 39.0 Å². The molecule has 16 heavy (non-hydrogen) atoms. The molecule has 1 saturated heterocycles. The lowest BCUT2D eigenvalue weighted by atomic mass is 9.87. The molecule has 2 aliphatic rings. The molecule has 2 amide bonds. The first-order valence-corrected chi connectivity index (χ1v) is 6.39. The first-order chi connectivity index (χ1) is 7.74. The number of urea groups is 1. The molecule has 3 unspecified atom stereocenters. The van der Waals surface area contributed by atoms with Gasteiger partial charge in [0.1, 0.15) is 0 Å². The third-order valence-corrected chi connectivity index (χ3v) is 3.54. The van der Waals surface area contributed by atoms with Crippen LogP contribution in [0.15, 0.2) is 0 Å². The van der Waals surface area contributed by atoms with E-state index in [0.29, 0.717) is 12.6 Å². The van der Waals surface area contributed by atoms with E-state index >= 15 is 0 Å². The van der Waals surface area contributed by atoms with Crippen molar-refractivity contribution < 1.29 is 9.53 Å². The van der Waals surface area contributed by atoms with Crippen LogP contribution in [0.25, 0.3) is 0 Å². The smallest absolute Gasteiger partial charge is 0.315 e. The fourth-order valence-corrected chi connectivity index (χ4v) is 2.63. The van der Waals surface area contributed by atoms with E-state index in [1.165, 1.54) is 12.8 Å². The summed E-state index contributed by atoms with van der Waals surface area (Å²) in [7, 11) is 0. The van der Waals surface area contributed by atoms with Crippen LogP contribution in [-0.4, -0.2) is 31.3 Å². The molecular formula is C12H22N2O2. The second-order valence-electron chi connectivity index (χ2n) is 5.15. The lowest BCUT2D eigenvalue weighted by Gasteiger charge is -2.27. The van der Waals surface area contributed by atoms with Gasteiger partial charge in [0, 0.05) is 12.6 Å². The Labute approximate surface area is 97.1 Å². The molecular weight excluding hydrogens is 204 g/mol. The van der Waals surface area contributed by atoms with Gasteiger partial charge in [0.05, 0.1) is 12.6 Å². The number of rotatable bonds is 2. The molecule has 1 heterocycles. The van der Waals surface area contributed by atoms with Gasteiger partial charge in [-0.05, 0) is 25.2 Å². The van der Waals surface area contributed by atoms with Crippen LogP contribution in [0.3, 0.4) is 0 Å². The van der Waals surface area contributed by atoms with Gasteiger partial charge in [-0.1, -0.05) is 19.8 Å². The van der Waals surface area contributed by atoms with Gasteiger partial charge in [0.2, 0.25) is 0 Å². The monoisotopic (exact) mass is 226 g/mol. The molecule has 3 atom stereocenters. The minimum absolute atomic E-state index is 0.0189. The van der Waals surface area contributed by atoms with Crippen molar-refractivity contribution >= 4 is 6.03 Å². The van der Waals surface area contributed by atoms with Gasteiger partial charge in [-0.3, -0.25) is 0 Å². The number of hydrogen-bond donors (Lipinski definition) is 2. The SMILES string of the molecule is CC1CCCC(NC(=O)NC2CCOC2)C1. The number of nitrogens with one attached hydrogen (secondary N) is 2. The number of hydrogen-bond acceptors (Lipinski definition) is 2. The molecule has 0 bridgehead atoms. The highest BCUT2D eigenvalue weighted by atomic mass is 16.5. The summed E-state index contributed by atoms with van der Waals surface area (Å²) in [6, 6.07) is 0.557. The summed E-state index contributed by atoms with van der Waals surface area (Å²) in [6.07, 6.45) is 5.72. The Morgan fingerprint density at radius 1 is 1.19 bits per heavy atom. The summed E-state index contributed by atoms with van der Waals surface area (Å²) < 4.78 is 5.22.